The van der Waals surface area contributed by atoms with Gasteiger partial charge in [0, 0.05) is 0 Å². The predicted molar refractivity (Wildman–Crippen MR) is 119 cm³/mol. The van der Waals surface area contributed by atoms with Gasteiger partial charge in [-0.05, 0) is 0 Å². The number of alkyl halides is 1. The Labute approximate surface area is 176 Å². The molecule has 2 nitrogen and oxygen atoms in total. The maximum absolute atomic E-state index is 12.7. The van der Waals surface area contributed by atoms with E-state index in [0.29, 0.717) is 0 Å². The van der Waals surface area contributed by atoms with Crippen LogP contribution < -0.4 is 4.46 Å². The van der Waals surface area contributed by atoms with Crippen molar-refractivity contribution in [1.82, 2.24) is 0 Å². The normalized spacial score (nSPS) is 13.8. The molecule has 0 aliphatic rings. The Morgan fingerprint density at radius 3 is 2.00 bits per heavy atom. The minimum atomic E-state index is -1.94. The van der Waals surface area contributed by atoms with Gasteiger partial charge in [0.25, 0.3) is 0 Å². The summed E-state index contributed by atoms with van der Waals surface area (Å²) in [7, 11) is -1.94. The molecule has 146 valence electrons. The van der Waals surface area contributed by atoms with Gasteiger partial charge in [0.1, 0.15) is 0 Å². The van der Waals surface area contributed by atoms with Crippen molar-refractivity contribution < 1.29 is 9.22 Å². The molecular weight excluding hydrogens is 439 g/mol. The number of benzene rings is 2. The van der Waals surface area contributed by atoms with E-state index in [1.54, 1.807) is 0 Å². The summed E-state index contributed by atoms with van der Waals surface area (Å²) in [6, 6.07) is 23.6. The summed E-state index contributed by atoms with van der Waals surface area (Å²) in [6.45, 7) is 6.40. The molecule has 0 aliphatic heterocycles. The molecule has 0 radical (unpaired) electrons. The van der Waals surface area contributed by atoms with Crippen LogP contribution in [0, 0.1) is 0 Å². The Kier molecular flexibility index (Phi) is 9.11. The fraction of sp³-hybridized carbons (Fsp3) is 0.409. The van der Waals surface area contributed by atoms with E-state index < -0.39 is 8.32 Å². The van der Waals surface area contributed by atoms with Gasteiger partial charge in [-0.15, -0.1) is 0 Å². The van der Waals surface area contributed by atoms with E-state index in [2.05, 4.69) is 57.2 Å². The van der Waals surface area contributed by atoms with Crippen molar-refractivity contribution in [3.05, 3.63) is 66.2 Å². The summed E-state index contributed by atoms with van der Waals surface area (Å²) in [4.78, 5) is 12.8. The number of rotatable bonds is 10. The molecule has 0 spiro atoms. The number of carbonyl (C=O) groups is 1. The molecule has 0 saturated heterocycles. The Bertz CT molecular complexity index is 684. The summed E-state index contributed by atoms with van der Waals surface area (Å²) < 4.78 is 7.30. The summed E-state index contributed by atoms with van der Waals surface area (Å²) >= 11 is 6.96. The van der Waals surface area contributed by atoms with Crippen molar-refractivity contribution in [3.63, 3.8) is 0 Å². The minimum absolute atomic E-state index is 0.128. The molecule has 0 fully saturated rings. The SMILES string of the molecule is CC[Si](CC)(CC)OC(=O)C[C@@H](Cl)[C@@H]([Se]c1ccccc1)c1ccccc1. The van der Waals surface area contributed by atoms with Crippen molar-refractivity contribution in [2.45, 2.75) is 55.5 Å². The Morgan fingerprint density at radius 1 is 0.963 bits per heavy atom. The molecule has 0 bridgehead atoms. The fourth-order valence-corrected chi connectivity index (χ4v) is 8.59. The third kappa shape index (κ3) is 6.50. The van der Waals surface area contributed by atoms with Gasteiger partial charge in [0.05, 0.1) is 0 Å². The van der Waals surface area contributed by atoms with Crippen LogP contribution in [0.4, 0.5) is 0 Å². The van der Waals surface area contributed by atoms with Crippen molar-refractivity contribution in [2.24, 2.45) is 0 Å². The average Bonchev–Trinajstić information content (AvgIpc) is 2.71. The van der Waals surface area contributed by atoms with Gasteiger partial charge in [-0.2, -0.15) is 0 Å². The van der Waals surface area contributed by atoms with Gasteiger partial charge in [-0.3, -0.25) is 0 Å². The molecule has 0 heterocycles. The quantitative estimate of drug-likeness (QED) is 0.350. The topological polar surface area (TPSA) is 26.3 Å². The van der Waals surface area contributed by atoms with Crippen LogP contribution in [0.25, 0.3) is 0 Å². The van der Waals surface area contributed by atoms with Crippen molar-refractivity contribution in [1.29, 1.82) is 0 Å². The summed E-state index contributed by atoms with van der Waals surface area (Å²) in [5.41, 5.74) is 1.19. The maximum atomic E-state index is 12.7. The molecule has 0 N–H and O–H groups in total. The molecule has 0 amide bonds. The Morgan fingerprint density at radius 2 is 1.48 bits per heavy atom. The fourth-order valence-electron chi connectivity index (χ4n) is 3.15. The molecule has 2 aromatic carbocycles. The zero-order valence-electron chi connectivity index (χ0n) is 16.4. The molecule has 2 atom stereocenters. The van der Waals surface area contributed by atoms with Gasteiger partial charge < -0.3 is 0 Å². The first-order chi connectivity index (χ1) is 13.0. The Hall–Kier alpha value is -1.06. The molecule has 0 saturated carbocycles. The van der Waals surface area contributed by atoms with E-state index in [4.69, 9.17) is 16.0 Å². The third-order valence-electron chi connectivity index (χ3n) is 5.09. The van der Waals surface area contributed by atoms with Crippen LogP contribution in [-0.2, 0) is 9.22 Å². The van der Waals surface area contributed by atoms with Crippen LogP contribution in [0.2, 0.25) is 18.1 Å². The monoisotopic (exact) mass is 468 g/mol. The van der Waals surface area contributed by atoms with E-state index in [1.807, 2.05) is 24.3 Å². The Balaban J connectivity index is 2.14. The van der Waals surface area contributed by atoms with Gasteiger partial charge in [0.15, 0.2) is 0 Å². The number of carbonyl (C=O) groups excluding carboxylic acids is 1. The number of hydrogen-bond acceptors (Lipinski definition) is 2. The molecule has 27 heavy (non-hydrogen) atoms. The first kappa shape index (κ1) is 22.2. The second-order valence-corrected chi connectivity index (χ2v) is 14.5. The molecule has 0 unspecified atom stereocenters. The number of hydrogen-bond donors (Lipinski definition) is 0. The van der Waals surface area contributed by atoms with E-state index in [0.717, 1.165) is 18.1 Å². The summed E-state index contributed by atoms with van der Waals surface area (Å²) in [5.74, 6) is -0.128. The van der Waals surface area contributed by atoms with Gasteiger partial charge in [-0.1, -0.05) is 0 Å². The molecule has 5 heteroatoms. The van der Waals surface area contributed by atoms with Crippen LogP contribution in [0.5, 0.6) is 0 Å². The van der Waals surface area contributed by atoms with Crippen LogP contribution in [-0.4, -0.2) is 34.6 Å². The molecular formula is C22H29ClO2SeSi. The molecule has 2 aromatic rings. The van der Waals surface area contributed by atoms with E-state index in [9.17, 15) is 4.79 Å². The average molecular weight is 468 g/mol. The zero-order valence-corrected chi connectivity index (χ0v) is 19.8. The third-order valence-corrected chi connectivity index (χ3v) is 13.3. The summed E-state index contributed by atoms with van der Waals surface area (Å²) in [5, 5.41) is -0.266. The van der Waals surface area contributed by atoms with Gasteiger partial charge in [-0.25, -0.2) is 0 Å². The van der Waals surface area contributed by atoms with E-state index in [-0.39, 0.29) is 37.5 Å². The van der Waals surface area contributed by atoms with Crippen LogP contribution >= 0.6 is 11.6 Å². The van der Waals surface area contributed by atoms with Crippen LogP contribution in [0.3, 0.4) is 0 Å². The zero-order chi connectivity index (χ0) is 19.7. The van der Waals surface area contributed by atoms with Gasteiger partial charge in [0.2, 0.25) is 0 Å². The van der Waals surface area contributed by atoms with Gasteiger partial charge >= 0.3 is 176 Å². The van der Waals surface area contributed by atoms with Crippen LogP contribution in [0.15, 0.2) is 60.7 Å². The van der Waals surface area contributed by atoms with Crippen molar-refractivity contribution in [2.75, 3.05) is 0 Å². The molecule has 2 rings (SSSR count). The van der Waals surface area contributed by atoms with Crippen molar-refractivity contribution in [3.8, 4) is 0 Å². The van der Waals surface area contributed by atoms with E-state index >= 15 is 0 Å². The first-order valence-electron chi connectivity index (χ1n) is 9.66. The van der Waals surface area contributed by atoms with Crippen LogP contribution in [0.1, 0.15) is 37.6 Å². The van der Waals surface area contributed by atoms with E-state index in [1.165, 1.54) is 10.0 Å². The van der Waals surface area contributed by atoms with Crippen molar-refractivity contribution >= 4 is 45.3 Å². The summed E-state index contributed by atoms with van der Waals surface area (Å²) in [6.07, 6.45) is 0.268. The second kappa shape index (κ2) is 11.1. The predicted octanol–water partition coefficient (Wildman–Crippen LogP) is 5.30. The standard InChI is InChI=1S/C22H29ClO2SeSi/c1-4-27(5-2,6-3)25-21(24)17-20(23)22(18-13-9-7-10-14-18)26-19-15-11-8-12-16-19/h7-16,20,22H,4-6,17H2,1-3H3/t20-,22+/m1/s1. The second-order valence-electron chi connectivity index (χ2n) is 6.70. The molecule has 0 aromatic heterocycles. The first-order valence-corrected chi connectivity index (χ1v) is 14.5. The number of halogens is 1. The molecule has 0 aliphatic carbocycles.